The molecule has 138 valence electrons. The van der Waals surface area contributed by atoms with Gasteiger partial charge in [0.25, 0.3) is 0 Å². The molecule has 0 saturated carbocycles. The van der Waals surface area contributed by atoms with Gasteiger partial charge in [0.2, 0.25) is 0 Å². The zero-order chi connectivity index (χ0) is 18.8. The molecule has 1 unspecified atom stereocenters. The van der Waals surface area contributed by atoms with Crippen molar-refractivity contribution in [3.05, 3.63) is 71.4 Å². The van der Waals surface area contributed by atoms with E-state index in [9.17, 15) is 4.39 Å². The van der Waals surface area contributed by atoms with E-state index in [1.807, 2.05) is 26.0 Å². The first-order valence-electron chi connectivity index (χ1n) is 8.99. The zero-order valence-electron chi connectivity index (χ0n) is 15.4. The summed E-state index contributed by atoms with van der Waals surface area (Å²) in [6.07, 6.45) is 3.37. The number of halogens is 1. The van der Waals surface area contributed by atoms with E-state index in [4.69, 9.17) is 9.72 Å². The van der Waals surface area contributed by atoms with E-state index < -0.39 is 0 Å². The van der Waals surface area contributed by atoms with Crippen LogP contribution in [-0.2, 0) is 4.74 Å². The van der Waals surface area contributed by atoms with Crippen LogP contribution in [0, 0.1) is 19.7 Å². The monoisotopic (exact) mass is 364 g/mol. The minimum Gasteiger partial charge on any atom is -0.370 e. The summed E-state index contributed by atoms with van der Waals surface area (Å²) in [6.45, 7) is 6.06. The third kappa shape index (κ3) is 3.66. The van der Waals surface area contributed by atoms with Crippen LogP contribution >= 0.6 is 0 Å². The summed E-state index contributed by atoms with van der Waals surface area (Å²) in [4.78, 5) is 15.8. The van der Waals surface area contributed by atoms with Crippen LogP contribution in [0.2, 0.25) is 0 Å². The number of aromatic nitrogens is 3. The molecular formula is C21H21FN4O. The van der Waals surface area contributed by atoms with Crippen LogP contribution < -0.4 is 4.90 Å². The normalized spacial score (nSPS) is 17.1. The Morgan fingerprint density at radius 2 is 1.78 bits per heavy atom. The van der Waals surface area contributed by atoms with Crippen molar-refractivity contribution in [1.29, 1.82) is 0 Å². The van der Waals surface area contributed by atoms with Crippen LogP contribution in [0.1, 0.15) is 22.9 Å². The third-order valence-electron chi connectivity index (χ3n) is 4.91. The van der Waals surface area contributed by atoms with Gasteiger partial charge >= 0.3 is 0 Å². The molecule has 0 radical (unpaired) electrons. The predicted octanol–water partition coefficient (Wildman–Crippen LogP) is 3.87. The topological polar surface area (TPSA) is 51.1 Å². The van der Waals surface area contributed by atoms with E-state index in [2.05, 4.69) is 14.9 Å². The van der Waals surface area contributed by atoms with E-state index >= 15 is 0 Å². The van der Waals surface area contributed by atoms with E-state index in [0.29, 0.717) is 19.0 Å². The number of aryl methyl sites for hydroxylation is 1. The highest BCUT2D eigenvalue weighted by atomic mass is 19.1. The number of nitrogens with zero attached hydrogens (tertiary/aromatic N) is 4. The first-order chi connectivity index (χ1) is 13.1. The molecule has 1 aromatic carbocycles. The van der Waals surface area contributed by atoms with Crippen molar-refractivity contribution < 1.29 is 9.13 Å². The quantitative estimate of drug-likeness (QED) is 0.706. The van der Waals surface area contributed by atoms with Gasteiger partial charge in [-0.1, -0.05) is 12.1 Å². The molecule has 1 fully saturated rings. The van der Waals surface area contributed by atoms with Crippen LogP contribution in [0.15, 0.2) is 48.8 Å². The fourth-order valence-corrected chi connectivity index (χ4v) is 3.27. The Balaban J connectivity index is 1.66. The van der Waals surface area contributed by atoms with Gasteiger partial charge in [-0.2, -0.15) is 0 Å². The Morgan fingerprint density at radius 3 is 2.52 bits per heavy atom. The molecule has 0 amide bonds. The van der Waals surface area contributed by atoms with Crippen molar-refractivity contribution in [1.82, 2.24) is 15.0 Å². The van der Waals surface area contributed by atoms with Crippen molar-refractivity contribution in [3.63, 3.8) is 0 Å². The van der Waals surface area contributed by atoms with Gasteiger partial charge in [0.15, 0.2) is 5.82 Å². The van der Waals surface area contributed by atoms with Gasteiger partial charge in [-0.25, -0.2) is 14.4 Å². The summed E-state index contributed by atoms with van der Waals surface area (Å²) in [5, 5.41) is 0. The fourth-order valence-electron chi connectivity index (χ4n) is 3.27. The number of morpholine rings is 1. The van der Waals surface area contributed by atoms with E-state index in [0.717, 1.165) is 34.7 Å². The second kappa shape index (κ2) is 7.40. The number of hydrogen-bond donors (Lipinski definition) is 0. The number of benzene rings is 1. The molecule has 0 bridgehead atoms. The zero-order valence-corrected chi connectivity index (χ0v) is 15.4. The maximum Gasteiger partial charge on any atom is 0.161 e. The van der Waals surface area contributed by atoms with Crippen molar-refractivity contribution in [3.8, 4) is 11.4 Å². The van der Waals surface area contributed by atoms with Gasteiger partial charge < -0.3 is 9.64 Å². The molecule has 0 N–H and O–H groups in total. The molecule has 27 heavy (non-hydrogen) atoms. The van der Waals surface area contributed by atoms with Crippen molar-refractivity contribution in [2.75, 3.05) is 24.6 Å². The number of hydrogen-bond acceptors (Lipinski definition) is 5. The molecule has 0 aliphatic carbocycles. The summed E-state index contributed by atoms with van der Waals surface area (Å²) in [7, 11) is 0. The lowest BCUT2D eigenvalue weighted by Crippen LogP contribution is -2.39. The lowest BCUT2D eigenvalue weighted by molar-refractivity contribution is 0.0394. The Morgan fingerprint density at radius 1 is 1.04 bits per heavy atom. The molecule has 1 atom stereocenters. The standard InChI is InChI=1S/C21H21FN4O/c1-14-15(2)24-20(17-7-9-23-10-8-17)25-21(14)26-11-12-27-19(13-26)16-3-5-18(22)6-4-16/h3-10,19H,11-13H2,1-2H3. The highest BCUT2D eigenvalue weighted by molar-refractivity contribution is 5.60. The highest BCUT2D eigenvalue weighted by Crippen LogP contribution is 2.29. The number of ether oxygens (including phenoxy) is 1. The average molecular weight is 364 g/mol. The summed E-state index contributed by atoms with van der Waals surface area (Å²) < 4.78 is 19.2. The summed E-state index contributed by atoms with van der Waals surface area (Å²) >= 11 is 0. The molecule has 6 heteroatoms. The molecule has 1 aliphatic rings. The van der Waals surface area contributed by atoms with Crippen molar-refractivity contribution in [2.24, 2.45) is 0 Å². The Labute approximate surface area is 157 Å². The van der Waals surface area contributed by atoms with Gasteiger partial charge in [-0.3, -0.25) is 4.98 Å². The first kappa shape index (κ1) is 17.5. The van der Waals surface area contributed by atoms with Gasteiger partial charge in [-0.05, 0) is 43.7 Å². The lowest BCUT2D eigenvalue weighted by atomic mass is 10.1. The Bertz CT molecular complexity index is 931. The Hall–Kier alpha value is -2.86. The highest BCUT2D eigenvalue weighted by Gasteiger charge is 2.25. The van der Waals surface area contributed by atoms with E-state index in [1.165, 1.54) is 12.1 Å². The van der Waals surface area contributed by atoms with E-state index in [1.54, 1.807) is 24.5 Å². The predicted molar refractivity (Wildman–Crippen MR) is 102 cm³/mol. The van der Waals surface area contributed by atoms with Gasteiger partial charge in [0.05, 0.1) is 6.61 Å². The van der Waals surface area contributed by atoms with Crippen molar-refractivity contribution >= 4 is 5.82 Å². The van der Waals surface area contributed by atoms with Gasteiger partial charge in [0, 0.05) is 42.3 Å². The molecule has 2 aromatic heterocycles. The first-order valence-corrected chi connectivity index (χ1v) is 8.99. The second-order valence-electron chi connectivity index (χ2n) is 6.67. The van der Waals surface area contributed by atoms with Crippen LogP contribution in [0.5, 0.6) is 0 Å². The summed E-state index contributed by atoms with van der Waals surface area (Å²) in [5.74, 6) is 1.38. The molecule has 3 heterocycles. The number of rotatable bonds is 3. The minimum atomic E-state index is -0.240. The smallest absolute Gasteiger partial charge is 0.161 e. The SMILES string of the molecule is Cc1nc(-c2ccncc2)nc(N2CCOC(c3ccc(F)cc3)C2)c1C. The number of pyridine rings is 1. The van der Waals surface area contributed by atoms with Crippen LogP contribution in [0.3, 0.4) is 0 Å². The third-order valence-corrected chi connectivity index (χ3v) is 4.91. The van der Waals surface area contributed by atoms with E-state index in [-0.39, 0.29) is 11.9 Å². The maximum atomic E-state index is 13.2. The fraction of sp³-hybridized carbons (Fsp3) is 0.286. The van der Waals surface area contributed by atoms with Crippen LogP contribution in [0.4, 0.5) is 10.2 Å². The molecule has 4 rings (SSSR count). The molecule has 3 aromatic rings. The minimum absolute atomic E-state index is 0.113. The second-order valence-corrected chi connectivity index (χ2v) is 6.67. The average Bonchev–Trinajstić information content (AvgIpc) is 2.71. The molecular weight excluding hydrogens is 343 g/mol. The summed E-state index contributed by atoms with van der Waals surface area (Å²) in [5.41, 5.74) is 3.93. The van der Waals surface area contributed by atoms with Gasteiger partial charge in [0.1, 0.15) is 17.7 Å². The molecule has 5 nitrogen and oxygen atoms in total. The molecule has 1 aliphatic heterocycles. The summed E-state index contributed by atoms with van der Waals surface area (Å²) in [6, 6.07) is 10.3. The molecule has 0 spiro atoms. The van der Waals surface area contributed by atoms with Crippen molar-refractivity contribution in [2.45, 2.75) is 20.0 Å². The van der Waals surface area contributed by atoms with Crippen LogP contribution in [0.25, 0.3) is 11.4 Å². The largest absolute Gasteiger partial charge is 0.370 e. The molecule has 1 saturated heterocycles. The van der Waals surface area contributed by atoms with Gasteiger partial charge in [-0.15, -0.1) is 0 Å². The lowest BCUT2D eigenvalue weighted by Gasteiger charge is -2.35. The Kier molecular flexibility index (Phi) is 4.81. The maximum absolute atomic E-state index is 13.2. The van der Waals surface area contributed by atoms with Crippen LogP contribution in [-0.4, -0.2) is 34.6 Å². The number of anilines is 1.